The average Bonchev–Trinajstić information content (AvgIpc) is 2.89. The van der Waals surface area contributed by atoms with Gasteiger partial charge in [0.1, 0.15) is 11.5 Å². The van der Waals surface area contributed by atoms with Crippen molar-refractivity contribution in [2.75, 3.05) is 32.8 Å². The van der Waals surface area contributed by atoms with Crippen molar-refractivity contribution in [3.8, 4) is 0 Å². The van der Waals surface area contributed by atoms with Gasteiger partial charge in [-0.25, -0.2) is 0 Å². The molecule has 0 unspecified atom stereocenters. The lowest BCUT2D eigenvalue weighted by Crippen LogP contribution is -2.53. The zero-order valence-electron chi connectivity index (χ0n) is 13.7. The molecule has 2 heterocycles. The van der Waals surface area contributed by atoms with Gasteiger partial charge in [-0.15, -0.1) is 0 Å². The first-order chi connectivity index (χ1) is 10.1. The minimum atomic E-state index is 0.272. The smallest absolute Gasteiger partial charge is 0.118 e. The predicted octanol–water partition coefficient (Wildman–Crippen LogP) is 2.37. The van der Waals surface area contributed by atoms with Crippen molar-refractivity contribution in [2.45, 2.75) is 46.2 Å². The van der Waals surface area contributed by atoms with Crippen LogP contribution in [0.4, 0.5) is 0 Å². The average molecular weight is 294 g/mol. The third-order valence-corrected chi connectivity index (χ3v) is 4.20. The summed E-state index contributed by atoms with van der Waals surface area (Å²) in [6.07, 6.45) is 1.82. The first-order valence-electron chi connectivity index (χ1n) is 8.27. The van der Waals surface area contributed by atoms with E-state index in [0.717, 1.165) is 57.1 Å². The van der Waals surface area contributed by atoms with Gasteiger partial charge >= 0.3 is 0 Å². The molecule has 0 aliphatic carbocycles. The van der Waals surface area contributed by atoms with E-state index in [9.17, 15) is 5.11 Å². The molecule has 1 aromatic rings. The Bertz CT molecular complexity index is 417. The largest absolute Gasteiger partial charge is 0.465 e. The first-order valence-corrected chi connectivity index (χ1v) is 8.27. The highest BCUT2D eigenvalue weighted by Crippen LogP contribution is 2.18. The highest BCUT2D eigenvalue weighted by Gasteiger charge is 2.27. The Kier molecular flexibility index (Phi) is 6.27. The standard InChI is InChI=1S/C17H30N2O2/c1-4-16-5-6-17(21-16)13-18-8-9-19(11-14(2)3)15(12-18)7-10-20/h5-6,14-15,20H,4,7-13H2,1-3H3/t15-/m1/s1. The Balaban J connectivity index is 1.91. The molecule has 0 radical (unpaired) electrons. The van der Waals surface area contributed by atoms with Gasteiger partial charge in [0.05, 0.1) is 6.54 Å². The van der Waals surface area contributed by atoms with Gasteiger partial charge in [-0.2, -0.15) is 0 Å². The molecule has 1 saturated heterocycles. The topological polar surface area (TPSA) is 39.9 Å². The van der Waals surface area contributed by atoms with Crippen LogP contribution in [0.2, 0.25) is 0 Å². The molecule has 1 N–H and O–H groups in total. The summed E-state index contributed by atoms with van der Waals surface area (Å²) < 4.78 is 5.82. The second kappa shape index (κ2) is 7.97. The van der Waals surface area contributed by atoms with Crippen LogP contribution in [0.15, 0.2) is 16.5 Å². The summed E-state index contributed by atoms with van der Waals surface area (Å²) in [7, 11) is 0. The lowest BCUT2D eigenvalue weighted by atomic mass is 10.1. The van der Waals surface area contributed by atoms with E-state index < -0.39 is 0 Å². The van der Waals surface area contributed by atoms with Gasteiger partial charge in [0.25, 0.3) is 0 Å². The zero-order chi connectivity index (χ0) is 15.2. The lowest BCUT2D eigenvalue weighted by molar-refractivity contribution is 0.0445. The van der Waals surface area contributed by atoms with Gasteiger partial charge in [0.15, 0.2) is 0 Å². The Morgan fingerprint density at radius 1 is 1.29 bits per heavy atom. The van der Waals surface area contributed by atoms with E-state index in [1.807, 2.05) is 0 Å². The van der Waals surface area contributed by atoms with Crippen LogP contribution in [0.1, 0.15) is 38.7 Å². The molecule has 21 heavy (non-hydrogen) atoms. The Morgan fingerprint density at radius 3 is 2.67 bits per heavy atom. The molecule has 1 aliphatic rings. The zero-order valence-corrected chi connectivity index (χ0v) is 13.7. The molecule has 120 valence electrons. The number of hydrogen-bond acceptors (Lipinski definition) is 4. The van der Waals surface area contributed by atoms with Crippen LogP contribution in [-0.2, 0) is 13.0 Å². The quantitative estimate of drug-likeness (QED) is 0.838. The second-order valence-corrected chi connectivity index (χ2v) is 6.51. The molecular weight excluding hydrogens is 264 g/mol. The van der Waals surface area contributed by atoms with E-state index in [-0.39, 0.29) is 6.61 Å². The molecular formula is C17H30N2O2. The van der Waals surface area contributed by atoms with Crippen LogP contribution < -0.4 is 0 Å². The van der Waals surface area contributed by atoms with Crippen molar-refractivity contribution in [3.63, 3.8) is 0 Å². The molecule has 0 saturated carbocycles. The fourth-order valence-electron chi connectivity index (χ4n) is 3.15. The summed E-state index contributed by atoms with van der Waals surface area (Å²) in [5.74, 6) is 2.80. The lowest BCUT2D eigenvalue weighted by Gasteiger charge is -2.42. The van der Waals surface area contributed by atoms with Crippen LogP contribution in [0.3, 0.4) is 0 Å². The van der Waals surface area contributed by atoms with Crippen LogP contribution >= 0.6 is 0 Å². The van der Waals surface area contributed by atoms with Crippen LogP contribution in [0.5, 0.6) is 0 Å². The molecule has 1 aromatic heterocycles. The van der Waals surface area contributed by atoms with Crippen LogP contribution in [0, 0.1) is 5.92 Å². The summed E-state index contributed by atoms with van der Waals surface area (Å²) in [4.78, 5) is 4.99. The van der Waals surface area contributed by atoms with Gasteiger partial charge in [0, 0.05) is 45.2 Å². The molecule has 0 aromatic carbocycles. The van der Waals surface area contributed by atoms with Crippen molar-refractivity contribution in [3.05, 3.63) is 23.7 Å². The first kappa shape index (κ1) is 16.5. The van der Waals surface area contributed by atoms with E-state index in [1.54, 1.807) is 0 Å². The van der Waals surface area contributed by atoms with Crippen molar-refractivity contribution in [1.29, 1.82) is 0 Å². The van der Waals surface area contributed by atoms with Crippen molar-refractivity contribution in [2.24, 2.45) is 5.92 Å². The van der Waals surface area contributed by atoms with E-state index in [1.165, 1.54) is 0 Å². The van der Waals surface area contributed by atoms with Crippen LogP contribution in [-0.4, -0.2) is 53.7 Å². The highest BCUT2D eigenvalue weighted by atomic mass is 16.3. The molecule has 1 fully saturated rings. The van der Waals surface area contributed by atoms with E-state index >= 15 is 0 Å². The van der Waals surface area contributed by atoms with Gasteiger partial charge in [-0.1, -0.05) is 20.8 Å². The number of furan rings is 1. The van der Waals surface area contributed by atoms with Gasteiger partial charge < -0.3 is 9.52 Å². The number of piperazine rings is 1. The number of aliphatic hydroxyl groups excluding tert-OH is 1. The Morgan fingerprint density at radius 2 is 2.05 bits per heavy atom. The van der Waals surface area contributed by atoms with Gasteiger partial charge in [-0.3, -0.25) is 9.80 Å². The minimum absolute atomic E-state index is 0.272. The molecule has 2 rings (SSSR count). The summed E-state index contributed by atoms with van der Waals surface area (Å²) in [6.45, 7) is 12.1. The third kappa shape index (κ3) is 4.83. The molecule has 0 spiro atoms. The van der Waals surface area contributed by atoms with E-state index in [2.05, 4.69) is 42.7 Å². The second-order valence-electron chi connectivity index (χ2n) is 6.51. The molecule has 0 bridgehead atoms. The number of rotatable bonds is 7. The SMILES string of the molecule is CCc1ccc(CN2CCN(CC(C)C)[C@H](CCO)C2)o1. The fourth-order valence-corrected chi connectivity index (χ4v) is 3.15. The number of hydrogen-bond donors (Lipinski definition) is 1. The van der Waals surface area contributed by atoms with Crippen molar-refractivity contribution < 1.29 is 9.52 Å². The van der Waals surface area contributed by atoms with E-state index in [0.29, 0.717) is 12.0 Å². The molecule has 1 atom stereocenters. The maximum Gasteiger partial charge on any atom is 0.118 e. The molecule has 0 amide bonds. The third-order valence-electron chi connectivity index (χ3n) is 4.20. The Labute approximate surface area is 128 Å². The number of nitrogens with zero attached hydrogens (tertiary/aromatic N) is 2. The fraction of sp³-hybridized carbons (Fsp3) is 0.765. The maximum absolute atomic E-state index is 9.32. The van der Waals surface area contributed by atoms with Gasteiger partial charge in [0.2, 0.25) is 0 Å². The maximum atomic E-state index is 9.32. The molecule has 1 aliphatic heterocycles. The summed E-state index contributed by atoms with van der Waals surface area (Å²) in [5, 5.41) is 9.32. The normalized spacial score (nSPS) is 21.3. The molecule has 4 nitrogen and oxygen atoms in total. The molecule has 4 heteroatoms. The van der Waals surface area contributed by atoms with E-state index in [4.69, 9.17) is 4.42 Å². The summed E-state index contributed by atoms with van der Waals surface area (Å²) in [5.41, 5.74) is 0. The van der Waals surface area contributed by atoms with Crippen molar-refractivity contribution in [1.82, 2.24) is 9.80 Å². The summed E-state index contributed by atoms with van der Waals surface area (Å²) in [6, 6.07) is 4.64. The number of aliphatic hydroxyl groups is 1. The Hall–Kier alpha value is -0.840. The van der Waals surface area contributed by atoms with Crippen molar-refractivity contribution >= 4 is 0 Å². The minimum Gasteiger partial charge on any atom is -0.465 e. The number of aryl methyl sites for hydroxylation is 1. The summed E-state index contributed by atoms with van der Waals surface area (Å²) >= 11 is 0. The monoisotopic (exact) mass is 294 g/mol. The predicted molar refractivity (Wildman–Crippen MR) is 85.3 cm³/mol. The van der Waals surface area contributed by atoms with Gasteiger partial charge in [-0.05, 0) is 24.5 Å². The highest BCUT2D eigenvalue weighted by molar-refractivity contribution is 5.07. The van der Waals surface area contributed by atoms with Crippen LogP contribution in [0.25, 0.3) is 0 Å².